The topological polar surface area (TPSA) is 56.8 Å². The Bertz CT molecular complexity index is 449. The molecule has 1 aromatic rings. The van der Waals surface area contributed by atoms with Crippen molar-refractivity contribution in [2.24, 2.45) is 5.92 Å². The zero-order chi connectivity index (χ0) is 14.5. The number of nitrogens with one attached hydrogen (secondary N) is 1. The fraction of sp³-hybridized carbons (Fsp3) is 0.533. The molecular weight excluding hydrogens is 258 g/mol. The summed E-state index contributed by atoms with van der Waals surface area (Å²) in [6, 6.07) is 4.93. The number of ether oxygens (including phenoxy) is 3. The summed E-state index contributed by atoms with van der Waals surface area (Å²) in [5.41, 5.74) is 0.786. The third-order valence-electron chi connectivity index (χ3n) is 3.45. The lowest BCUT2D eigenvalue weighted by atomic mass is 10.1. The Labute approximate surface area is 119 Å². The van der Waals surface area contributed by atoms with Crippen molar-refractivity contribution in [3.63, 3.8) is 0 Å². The van der Waals surface area contributed by atoms with Crippen molar-refractivity contribution in [2.75, 3.05) is 27.9 Å². The number of hydrogen-bond donors (Lipinski definition) is 1. The van der Waals surface area contributed by atoms with Gasteiger partial charge in [-0.05, 0) is 43.0 Å². The van der Waals surface area contributed by atoms with E-state index in [1.807, 2.05) is 12.1 Å². The molecule has 0 radical (unpaired) electrons. The van der Waals surface area contributed by atoms with E-state index >= 15 is 0 Å². The quantitative estimate of drug-likeness (QED) is 0.773. The first-order valence-electron chi connectivity index (χ1n) is 6.72. The Morgan fingerprint density at radius 3 is 2.25 bits per heavy atom. The van der Waals surface area contributed by atoms with Gasteiger partial charge in [-0.3, -0.25) is 0 Å². The fourth-order valence-electron chi connectivity index (χ4n) is 2.06. The largest absolute Gasteiger partial charge is 0.497 e. The second kappa shape index (κ2) is 6.61. The lowest BCUT2D eigenvalue weighted by Crippen LogP contribution is -2.31. The van der Waals surface area contributed by atoms with Crippen LogP contribution in [0, 0.1) is 5.92 Å². The smallest absolute Gasteiger partial charge is 0.327 e. The van der Waals surface area contributed by atoms with E-state index in [1.54, 1.807) is 20.3 Å². The van der Waals surface area contributed by atoms with E-state index < -0.39 is 6.04 Å². The maximum atomic E-state index is 12.0. The Hall–Kier alpha value is -1.75. The predicted molar refractivity (Wildman–Crippen MR) is 75.0 cm³/mol. The van der Waals surface area contributed by atoms with Crippen LogP contribution in [0.4, 0.5) is 0 Å². The molecule has 1 atom stereocenters. The van der Waals surface area contributed by atoms with Crippen molar-refractivity contribution >= 4 is 5.97 Å². The highest BCUT2D eigenvalue weighted by Crippen LogP contribution is 2.30. The highest BCUT2D eigenvalue weighted by Gasteiger charge is 2.27. The van der Waals surface area contributed by atoms with Gasteiger partial charge in [-0.15, -0.1) is 0 Å². The Balaban J connectivity index is 2.22. The lowest BCUT2D eigenvalue weighted by Gasteiger charge is -2.18. The first-order valence-corrected chi connectivity index (χ1v) is 6.72. The Morgan fingerprint density at radius 1 is 1.20 bits per heavy atom. The highest BCUT2D eigenvalue weighted by atomic mass is 16.5. The van der Waals surface area contributed by atoms with Crippen LogP contribution in [-0.2, 0) is 9.53 Å². The molecule has 1 aliphatic rings. The lowest BCUT2D eigenvalue weighted by molar-refractivity contribution is -0.143. The van der Waals surface area contributed by atoms with Crippen LogP contribution in [0.3, 0.4) is 0 Å². The monoisotopic (exact) mass is 279 g/mol. The standard InChI is InChI=1S/C15H21NO4/c1-18-12-6-11(7-13(8-12)19-2)14(15(17)20-3)16-9-10-4-5-10/h6-8,10,14,16H,4-5,9H2,1-3H3. The molecule has 0 heterocycles. The molecule has 0 bridgehead atoms. The van der Waals surface area contributed by atoms with E-state index in [0.717, 1.165) is 12.1 Å². The molecule has 1 fully saturated rings. The third-order valence-corrected chi connectivity index (χ3v) is 3.45. The Morgan fingerprint density at radius 2 is 1.80 bits per heavy atom. The summed E-state index contributed by atoms with van der Waals surface area (Å²) in [6.07, 6.45) is 2.45. The van der Waals surface area contributed by atoms with Crippen LogP contribution >= 0.6 is 0 Å². The van der Waals surface area contributed by atoms with Gasteiger partial charge in [0.15, 0.2) is 0 Å². The van der Waals surface area contributed by atoms with Crippen LogP contribution in [0.2, 0.25) is 0 Å². The number of carbonyl (C=O) groups is 1. The van der Waals surface area contributed by atoms with E-state index in [4.69, 9.17) is 14.2 Å². The van der Waals surface area contributed by atoms with Gasteiger partial charge in [0.05, 0.1) is 21.3 Å². The molecular formula is C15H21NO4. The summed E-state index contributed by atoms with van der Waals surface area (Å²) in [4.78, 5) is 12.0. The van der Waals surface area contributed by atoms with Crippen molar-refractivity contribution in [1.29, 1.82) is 0 Å². The summed E-state index contributed by atoms with van der Waals surface area (Å²) in [6.45, 7) is 0.819. The van der Waals surface area contributed by atoms with Crippen LogP contribution in [0.5, 0.6) is 11.5 Å². The zero-order valence-electron chi connectivity index (χ0n) is 12.1. The summed E-state index contributed by atoms with van der Waals surface area (Å²) >= 11 is 0. The number of rotatable bonds is 7. The molecule has 0 aliphatic heterocycles. The number of esters is 1. The maximum absolute atomic E-state index is 12.0. The van der Waals surface area contributed by atoms with Gasteiger partial charge in [0.25, 0.3) is 0 Å². The van der Waals surface area contributed by atoms with Crippen LogP contribution in [0.15, 0.2) is 18.2 Å². The average molecular weight is 279 g/mol. The third kappa shape index (κ3) is 3.63. The van der Waals surface area contributed by atoms with E-state index in [9.17, 15) is 4.79 Å². The van der Waals surface area contributed by atoms with Crippen LogP contribution in [-0.4, -0.2) is 33.8 Å². The van der Waals surface area contributed by atoms with E-state index in [0.29, 0.717) is 17.4 Å². The van der Waals surface area contributed by atoms with Gasteiger partial charge < -0.3 is 19.5 Å². The molecule has 1 aromatic carbocycles. The first-order chi connectivity index (χ1) is 9.67. The summed E-state index contributed by atoms with van der Waals surface area (Å²) in [7, 11) is 4.57. The number of hydrogen-bond acceptors (Lipinski definition) is 5. The first kappa shape index (κ1) is 14.7. The van der Waals surface area contributed by atoms with Crippen LogP contribution < -0.4 is 14.8 Å². The van der Waals surface area contributed by atoms with Gasteiger partial charge in [0, 0.05) is 6.07 Å². The summed E-state index contributed by atoms with van der Waals surface area (Å²) in [5.74, 6) is 1.68. The highest BCUT2D eigenvalue weighted by molar-refractivity contribution is 5.78. The molecule has 5 nitrogen and oxygen atoms in total. The molecule has 110 valence electrons. The van der Waals surface area contributed by atoms with Gasteiger partial charge in [-0.1, -0.05) is 0 Å². The SMILES string of the molecule is COC(=O)C(NCC1CC1)c1cc(OC)cc(OC)c1. The van der Waals surface area contributed by atoms with Gasteiger partial charge in [0.2, 0.25) is 0 Å². The van der Waals surface area contributed by atoms with Gasteiger partial charge in [-0.2, -0.15) is 0 Å². The second-order valence-electron chi connectivity index (χ2n) is 4.95. The summed E-state index contributed by atoms with van der Waals surface area (Å²) < 4.78 is 15.4. The molecule has 0 aromatic heterocycles. The predicted octanol–water partition coefficient (Wildman–Crippen LogP) is 1.92. The van der Waals surface area contributed by atoms with Crippen molar-refractivity contribution in [2.45, 2.75) is 18.9 Å². The minimum Gasteiger partial charge on any atom is -0.497 e. The number of benzene rings is 1. The molecule has 1 N–H and O–H groups in total. The molecule has 0 saturated heterocycles. The molecule has 0 amide bonds. The molecule has 1 unspecified atom stereocenters. The minimum atomic E-state index is -0.496. The zero-order valence-corrected chi connectivity index (χ0v) is 12.1. The van der Waals surface area contributed by atoms with Crippen molar-refractivity contribution < 1.29 is 19.0 Å². The molecule has 1 saturated carbocycles. The second-order valence-corrected chi connectivity index (χ2v) is 4.95. The van der Waals surface area contributed by atoms with Gasteiger partial charge >= 0.3 is 5.97 Å². The molecule has 1 aliphatic carbocycles. The number of carbonyl (C=O) groups excluding carboxylic acids is 1. The minimum absolute atomic E-state index is 0.305. The van der Waals surface area contributed by atoms with E-state index in [1.165, 1.54) is 20.0 Å². The van der Waals surface area contributed by atoms with Crippen molar-refractivity contribution in [1.82, 2.24) is 5.32 Å². The number of methoxy groups -OCH3 is 3. The van der Waals surface area contributed by atoms with Crippen LogP contribution in [0.25, 0.3) is 0 Å². The molecule has 20 heavy (non-hydrogen) atoms. The summed E-state index contributed by atoms with van der Waals surface area (Å²) in [5, 5.41) is 3.27. The van der Waals surface area contributed by atoms with Crippen molar-refractivity contribution in [3.8, 4) is 11.5 Å². The molecule has 0 spiro atoms. The molecule has 2 rings (SSSR count). The normalized spacial score (nSPS) is 15.6. The van der Waals surface area contributed by atoms with Crippen molar-refractivity contribution in [3.05, 3.63) is 23.8 Å². The average Bonchev–Trinajstić information content (AvgIpc) is 3.30. The van der Waals surface area contributed by atoms with Gasteiger partial charge in [0.1, 0.15) is 17.5 Å². The van der Waals surface area contributed by atoms with Gasteiger partial charge in [-0.25, -0.2) is 4.79 Å². The Kier molecular flexibility index (Phi) is 4.84. The maximum Gasteiger partial charge on any atom is 0.327 e. The molecule has 5 heteroatoms. The van der Waals surface area contributed by atoms with Crippen LogP contribution in [0.1, 0.15) is 24.4 Å². The van der Waals surface area contributed by atoms with E-state index in [2.05, 4.69) is 5.32 Å². The van der Waals surface area contributed by atoms with E-state index in [-0.39, 0.29) is 5.97 Å². The fourth-order valence-corrected chi connectivity index (χ4v) is 2.06.